The first-order valence-corrected chi connectivity index (χ1v) is 6.65. The SMILES string of the molecule is COc1ccc(-c2csc(=O)n2CCC(=O)O)cc1F. The van der Waals surface area contributed by atoms with Gasteiger partial charge in [-0.05, 0) is 18.2 Å². The molecule has 0 aliphatic heterocycles. The molecule has 106 valence electrons. The van der Waals surface area contributed by atoms with E-state index in [0.29, 0.717) is 11.3 Å². The summed E-state index contributed by atoms with van der Waals surface area (Å²) >= 11 is 0.954. The molecule has 5 nitrogen and oxygen atoms in total. The molecule has 7 heteroatoms. The fraction of sp³-hybridized carbons (Fsp3) is 0.231. The van der Waals surface area contributed by atoms with Gasteiger partial charge in [0.1, 0.15) is 0 Å². The normalized spacial score (nSPS) is 10.5. The molecule has 2 aromatic rings. The minimum absolute atomic E-state index is 0.0562. The van der Waals surface area contributed by atoms with Crippen molar-refractivity contribution in [3.63, 3.8) is 0 Å². The second-order valence-corrected chi connectivity index (χ2v) is 4.85. The number of hydrogen-bond donors (Lipinski definition) is 1. The molecule has 0 spiro atoms. The van der Waals surface area contributed by atoms with E-state index in [2.05, 4.69) is 0 Å². The monoisotopic (exact) mass is 297 g/mol. The first kappa shape index (κ1) is 14.3. The van der Waals surface area contributed by atoms with Crippen molar-refractivity contribution < 1.29 is 19.0 Å². The Bertz CT molecular complexity index is 692. The van der Waals surface area contributed by atoms with E-state index in [1.807, 2.05) is 0 Å². The van der Waals surface area contributed by atoms with Crippen molar-refractivity contribution in [1.82, 2.24) is 4.57 Å². The summed E-state index contributed by atoms with van der Waals surface area (Å²) < 4.78 is 19.9. The van der Waals surface area contributed by atoms with Crippen LogP contribution in [0.5, 0.6) is 5.75 Å². The van der Waals surface area contributed by atoms with Gasteiger partial charge in [-0.15, -0.1) is 0 Å². The maximum Gasteiger partial charge on any atom is 0.307 e. The summed E-state index contributed by atoms with van der Waals surface area (Å²) in [6.45, 7) is 0.0562. The number of hydrogen-bond acceptors (Lipinski definition) is 4. The first-order chi connectivity index (χ1) is 9.52. The van der Waals surface area contributed by atoms with E-state index in [1.165, 1.54) is 23.8 Å². The number of aliphatic carboxylic acids is 1. The van der Waals surface area contributed by atoms with E-state index < -0.39 is 11.8 Å². The third-order valence-corrected chi connectivity index (χ3v) is 3.54. The highest BCUT2D eigenvalue weighted by atomic mass is 32.1. The number of carbonyl (C=O) groups is 1. The highest BCUT2D eigenvalue weighted by Gasteiger charge is 2.12. The molecule has 0 saturated heterocycles. The fourth-order valence-electron chi connectivity index (χ4n) is 1.80. The minimum atomic E-state index is -0.991. The lowest BCUT2D eigenvalue weighted by Crippen LogP contribution is -2.16. The first-order valence-electron chi connectivity index (χ1n) is 5.77. The summed E-state index contributed by atoms with van der Waals surface area (Å²) in [6, 6.07) is 4.35. The number of ether oxygens (including phenoxy) is 1. The Balaban J connectivity index is 2.40. The van der Waals surface area contributed by atoms with Crippen LogP contribution in [0.2, 0.25) is 0 Å². The number of benzene rings is 1. The van der Waals surface area contributed by atoms with Gasteiger partial charge in [0.05, 0.1) is 19.2 Å². The third-order valence-electron chi connectivity index (χ3n) is 2.78. The Morgan fingerprint density at radius 1 is 1.50 bits per heavy atom. The number of carboxylic acid groups (broad SMARTS) is 1. The van der Waals surface area contributed by atoms with E-state index in [9.17, 15) is 14.0 Å². The van der Waals surface area contributed by atoms with Crippen molar-refractivity contribution >= 4 is 17.3 Å². The summed E-state index contributed by atoms with van der Waals surface area (Å²) in [5.74, 6) is -1.41. The molecule has 0 amide bonds. The van der Waals surface area contributed by atoms with Crippen molar-refractivity contribution in [2.24, 2.45) is 0 Å². The van der Waals surface area contributed by atoms with Crippen LogP contribution in [0.3, 0.4) is 0 Å². The minimum Gasteiger partial charge on any atom is -0.494 e. The Hall–Kier alpha value is -2.15. The molecule has 0 bridgehead atoms. The second kappa shape index (κ2) is 5.87. The Labute approximate surface area is 117 Å². The lowest BCUT2D eigenvalue weighted by Gasteiger charge is -2.08. The van der Waals surface area contributed by atoms with Crippen LogP contribution < -0.4 is 9.61 Å². The molecule has 2 rings (SSSR count). The van der Waals surface area contributed by atoms with Gasteiger partial charge in [0.15, 0.2) is 11.6 Å². The fourth-order valence-corrected chi connectivity index (χ4v) is 2.59. The number of thiazole rings is 1. The molecular formula is C13H12FNO4S. The van der Waals surface area contributed by atoms with Crippen LogP contribution in [0.1, 0.15) is 6.42 Å². The molecule has 0 saturated carbocycles. The van der Waals surface area contributed by atoms with Crippen LogP contribution in [0.25, 0.3) is 11.3 Å². The molecule has 0 radical (unpaired) electrons. The molecule has 0 unspecified atom stereocenters. The molecule has 0 atom stereocenters. The van der Waals surface area contributed by atoms with Crippen molar-refractivity contribution in [2.45, 2.75) is 13.0 Å². The van der Waals surface area contributed by atoms with Crippen molar-refractivity contribution in [2.75, 3.05) is 7.11 Å². The number of nitrogens with zero attached hydrogens (tertiary/aromatic N) is 1. The number of aromatic nitrogens is 1. The molecule has 0 aliphatic carbocycles. The van der Waals surface area contributed by atoms with Crippen LogP contribution in [-0.2, 0) is 11.3 Å². The van der Waals surface area contributed by atoms with Gasteiger partial charge in [-0.2, -0.15) is 0 Å². The average molecular weight is 297 g/mol. The predicted molar refractivity (Wildman–Crippen MR) is 72.8 cm³/mol. The topological polar surface area (TPSA) is 68.5 Å². The zero-order chi connectivity index (χ0) is 14.7. The number of carboxylic acids is 1. The molecule has 20 heavy (non-hydrogen) atoms. The Morgan fingerprint density at radius 2 is 2.25 bits per heavy atom. The number of rotatable bonds is 5. The van der Waals surface area contributed by atoms with Crippen molar-refractivity contribution in [3.8, 4) is 17.0 Å². The summed E-state index contributed by atoms with van der Waals surface area (Å²) in [7, 11) is 1.37. The summed E-state index contributed by atoms with van der Waals surface area (Å²) in [6.07, 6.45) is -0.164. The van der Waals surface area contributed by atoms with Crippen LogP contribution in [0, 0.1) is 5.82 Å². The van der Waals surface area contributed by atoms with Gasteiger partial charge in [-0.25, -0.2) is 4.39 Å². The molecule has 1 aromatic carbocycles. The van der Waals surface area contributed by atoms with Crippen molar-refractivity contribution in [3.05, 3.63) is 39.1 Å². The molecule has 0 fully saturated rings. The third kappa shape index (κ3) is 2.88. The molecule has 1 aromatic heterocycles. The largest absolute Gasteiger partial charge is 0.494 e. The van der Waals surface area contributed by atoms with Crippen LogP contribution >= 0.6 is 11.3 Å². The van der Waals surface area contributed by atoms with Gasteiger partial charge in [-0.3, -0.25) is 14.2 Å². The van der Waals surface area contributed by atoms with Crippen LogP contribution in [-0.4, -0.2) is 22.8 Å². The molecule has 1 heterocycles. The molecule has 1 N–H and O–H groups in total. The highest BCUT2D eigenvalue weighted by molar-refractivity contribution is 7.07. The van der Waals surface area contributed by atoms with E-state index in [4.69, 9.17) is 9.84 Å². The zero-order valence-electron chi connectivity index (χ0n) is 10.6. The molecule has 0 aliphatic rings. The van der Waals surface area contributed by atoms with Crippen molar-refractivity contribution in [1.29, 1.82) is 0 Å². The zero-order valence-corrected chi connectivity index (χ0v) is 11.4. The van der Waals surface area contributed by atoms with E-state index >= 15 is 0 Å². The lowest BCUT2D eigenvalue weighted by atomic mass is 10.1. The second-order valence-electron chi connectivity index (χ2n) is 4.03. The maximum absolute atomic E-state index is 13.7. The van der Waals surface area contributed by atoms with Gasteiger partial charge in [-0.1, -0.05) is 11.3 Å². The Morgan fingerprint density at radius 3 is 2.85 bits per heavy atom. The lowest BCUT2D eigenvalue weighted by molar-refractivity contribution is -0.137. The summed E-state index contributed by atoms with van der Waals surface area (Å²) in [5.41, 5.74) is 1.01. The van der Waals surface area contributed by atoms with E-state index in [1.54, 1.807) is 11.4 Å². The smallest absolute Gasteiger partial charge is 0.307 e. The van der Waals surface area contributed by atoms with Gasteiger partial charge in [0, 0.05) is 17.5 Å². The number of halogens is 1. The Kier molecular flexibility index (Phi) is 4.19. The highest BCUT2D eigenvalue weighted by Crippen LogP contribution is 2.26. The molecular weight excluding hydrogens is 285 g/mol. The standard InChI is InChI=1S/C13H12FNO4S/c1-19-11-3-2-8(6-9(11)14)10-7-20-13(18)15(10)5-4-12(16)17/h2-3,6-7H,4-5H2,1H3,(H,16,17). The van der Waals surface area contributed by atoms with Gasteiger partial charge in [0.25, 0.3) is 0 Å². The van der Waals surface area contributed by atoms with Crippen LogP contribution in [0.15, 0.2) is 28.4 Å². The average Bonchev–Trinajstić information content (AvgIpc) is 2.77. The van der Waals surface area contributed by atoms with Crippen LogP contribution in [0.4, 0.5) is 4.39 Å². The van der Waals surface area contributed by atoms with Gasteiger partial charge in [0.2, 0.25) is 0 Å². The van der Waals surface area contributed by atoms with Gasteiger partial charge < -0.3 is 9.84 Å². The number of methoxy groups -OCH3 is 1. The summed E-state index contributed by atoms with van der Waals surface area (Å²) in [5, 5.41) is 10.3. The van der Waals surface area contributed by atoms with Gasteiger partial charge >= 0.3 is 10.8 Å². The maximum atomic E-state index is 13.7. The quantitative estimate of drug-likeness (QED) is 0.918. The predicted octanol–water partition coefficient (Wildman–Crippen LogP) is 2.20. The summed E-state index contributed by atoms with van der Waals surface area (Å²) in [4.78, 5) is 22.0. The van der Waals surface area contributed by atoms with E-state index in [-0.39, 0.29) is 23.6 Å². The van der Waals surface area contributed by atoms with E-state index in [0.717, 1.165) is 11.3 Å².